The van der Waals surface area contributed by atoms with Crippen molar-refractivity contribution >= 4 is 7.82 Å². The van der Waals surface area contributed by atoms with Gasteiger partial charge in [0.15, 0.2) is 0 Å². The first-order valence-corrected chi connectivity index (χ1v) is 13.7. The lowest BCUT2D eigenvalue weighted by Crippen LogP contribution is -2.34. The lowest BCUT2D eigenvalue weighted by molar-refractivity contribution is -0.0453. The normalized spacial score (nSPS) is 20.8. The average Bonchev–Trinajstić information content (AvgIpc) is 3.14. The molecule has 1 aliphatic heterocycles. The van der Waals surface area contributed by atoms with E-state index >= 15 is 0 Å². The first kappa shape index (κ1) is 28.9. The molecule has 0 amide bonds. The summed E-state index contributed by atoms with van der Waals surface area (Å²) >= 11 is 0. The number of aliphatic hydroxyl groups excluding tert-OH is 1. The highest BCUT2D eigenvalue weighted by Gasteiger charge is 2.37. The first-order chi connectivity index (χ1) is 16.2. The van der Waals surface area contributed by atoms with Gasteiger partial charge >= 0.3 is 13.5 Å². The smallest absolute Gasteiger partial charge is 0.390 e. The maximum Gasteiger partial charge on any atom is 0.469 e. The standard InChI is InChI=1S/C22H39N2O9P/c1-2-3-4-5-6-7-8-9-10-11-12-31-15-17-14-24(22(27)23-21(17)26)20-13-18(25)19(33-20)16-32-34(28,29)30/h14,18-20,25H,2-13,15-16H2,1H3,(H,23,26,27)(H2,28,29,30)/t18?,19-,20-/m1/s1. The van der Waals surface area contributed by atoms with Crippen LogP contribution < -0.4 is 11.2 Å². The molecule has 11 nitrogen and oxygen atoms in total. The Morgan fingerprint density at radius 3 is 2.32 bits per heavy atom. The van der Waals surface area contributed by atoms with E-state index < -0.39 is 44.1 Å². The predicted octanol–water partition coefficient (Wildman–Crippen LogP) is 2.73. The Kier molecular flexibility index (Phi) is 12.7. The maximum atomic E-state index is 12.2. The van der Waals surface area contributed by atoms with Crippen LogP contribution in [0.5, 0.6) is 0 Å². The number of nitrogens with one attached hydrogen (secondary N) is 1. The van der Waals surface area contributed by atoms with Crippen molar-refractivity contribution in [3.05, 3.63) is 32.6 Å². The van der Waals surface area contributed by atoms with Crippen LogP contribution in [-0.2, 0) is 25.2 Å². The van der Waals surface area contributed by atoms with Crippen LogP contribution in [0.4, 0.5) is 0 Å². The fourth-order valence-electron chi connectivity index (χ4n) is 3.92. The molecule has 12 heteroatoms. The number of aromatic amines is 1. The number of hydrogen-bond donors (Lipinski definition) is 4. The molecule has 196 valence electrons. The Morgan fingerprint density at radius 1 is 1.09 bits per heavy atom. The molecule has 1 fully saturated rings. The van der Waals surface area contributed by atoms with Gasteiger partial charge in [0.25, 0.3) is 5.56 Å². The number of rotatable bonds is 17. The van der Waals surface area contributed by atoms with Crippen molar-refractivity contribution in [3.63, 3.8) is 0 Å². The molecule has 2 heterocycles. The molecule has 1 saturated heterocycles. The molecule has 1 aromatic heterocycles. The zero-order chi connectivity index (χ0) is 25.0. The molecule has 0 aliphatic carbocycles. The van der Waals surface area contributed by atoms with E-state index in [1.807, 2.05) is 0 Å². The summed E-state index contributed by atoms with van der Waals surface area (Å²) in [7, 11) is -4.72. The number of nitrogens with zero attached hydrogens (tertiary/aromatic N) is 1. The van der Waals surface area contributed by atoms with Crippen LogP contribution in [0.15, 0.2) is 15.8 Å². The van der Waals surface area contributed by atoms with Gasteiger partial charge in [-0.05, 0) is 6.42 Å². The minimum Gasteiger partial charge on any atom is -0.390 e. The van der Waals surface area contributed by atoms with Gasteiger partial charge in [0.05, 0.1) is 24.9 Å². The largest absolute Gasteiger partial charge is 0.469 e. The van der Waals surface area contributed by atoms with Crippen LogP contribution in [0.3, 0.4) is 0 Å². The van der Waals surface area contributed by atoms with Crippen LogP contribution in [0.25, 0.3) is 0 Å². The molecule has 0 saturated carbocycles. The first-order valence-electron chi connectivity index (χ1n) is 12.2. The number of aromatic nitrogens is 2. The van der Waals surface area contributed by atoms with Gasteiger partial charge in [-0.3, -0.25) is 18.9 Å². The van der Waals surface area contributed by atoms with Gasteiger partial charge in [-0.2, -0.15) is 0 Å². The van der Waals surface area contributed by atoms with E-state index in [0.29, 0.717) is 6.61 Å². The van der Waals surface area contributed by atoms with E-state index in [1.54, 1.807) is 0 Å². The third-order valence-corrected chi connectivity index (χ3v) is 6.35. The molecule has 2 rings (SSSR count). The number of unbranched alkanes of at least 4 members (excludes halogenated alkanes) is 9. The highest BCUT2D eigenvalue weighted by molar-refractivity contribution is 7.46. The van der Waals surface area contributed by atoms with Gasteiger partial charge in [0.1, 0.15) is 12.3 Å². The quantitative estimate of drug-likeness (QED) is 0.184. The van der Waals surface area contributed by atoms with E-state index in [2.05, 4.69) is 16.4 Å². The van der Waals surface area contributed by atoms with E-state index in [0.717, 1.165) is 23.8 Å². The summed E-state index contributed by atoms with van der Waals surface area (Å²) in [6.07, 6.45) is 10.5. The van der Waals surface area contributed by atoms with Crippen molar-refractivity contribution in [1.29, 1.82) is 0 Å². The van der Waals surface area contributed by atoms with E-state index in [9.17, 15) is 19.3 Å². The van der Waals surface area contributed by atoms with E-state index in [4.69, 9.17) is 19.3 Å². The van der Waals surface area contributed by atoms with E-state index in [-0.39, 0.29) is 18.6 Å². The van der Waals surface area contributed by atoms with Crippen molar-refractivity contribution in [2.75, 3.05) is 13.2 Å². The van der Waals surface area contributed by atoms with Crippen LogP contribution in [-0.4, -0.2) is 49.9 Å². The molecule has 0 spiro atoms. The van der Waals surface area contributed by atoms with Crippen molar-refractivity contribution in [2.45, 2.75) is 103 Å². The Bertz CT molecular complexity index is 882. The number of aliphatic hydroxyl groups is 1. The molecule has 4 N–H and O–H groups in total. The fourth-order valence-corrected chi connectivity index (χ4v) is 4.27. The number of hydrogen-bond acceptors (Lipinski definition) is 7. The predicted molar refractivity (Wildman–Crippen MR) is 125 cm³/mol. The molecule has 1 aliphatic rings. The summed E-state index contributed by atoms with van der Waals surface area (Å²) in [6.45, 7) is 2.23. The van der Waals surface area contributed by atoms with Crippen molar-refractivity contribution in [3.8, 4) is 0 Å². The maximum absolute atomic E-state index is 12.2. The van der Waals surface area contributed by atoms with E-state index in [1.165, 1.54) is 51.1 Å². The second kappa shape index (κ2) is 14.9. The summed E-state index contributed by atoms with van der Waals surface area (Å²) in [6, 6.07) is 0. The molecule has 1 unspecified atom stereocenters. The van der Waals surface area contributed by atoms with Gasteiger partial charge in [0.2, 0.25) is 0 Å². The highest BCUT2D eigenvalue weighted by atomic mass is 31.2. The molecule has 0 radical (unpaired) electrons. The number of phosphoric ester groups is 1. The third-order valence-electron chi connectivity index (χ3n) is 5.86. The second-order valence-electron chi connectivity index (χ2n) is 8.77. The lowest BCUT2D eigenvalue weighted by Gasteiger charge is -2.17. The van der Waals surface area contributed by atoms with Gasteiger partial charge < -0.3 is 24.4 Å². The topological polar surface area (TPSA) is 160 Å². The Morgan fingerprint density at radius 2 is 1.71 bits per heavy atom. The SMILES string of the molecule is CCCCCCCCCCCCOCc1cn([C@H]2CC(O)[C@@H](COP(=O)(O)O)O2)c(=O)[nH]c1=O. The number of H-pyrrole nitrogens is 1. The summed E-state index contributed by atoms with van der Waals surface area (Å²) in [5.74, 6) is 0. The summed E-state index contributed by atoms with van der Waals surface area (Å²) in [4.78, 5) is 44.2. The Hall–Kier alpha value is -1.33. The number of phosphoric acid groups is 1. The van der Waals surface area contributed by atoms with Crippen LogP contribution >= 0.6 is 7.82 Å². The molecular formula is C22H39N2O9P. The van der Waals surface area contributed by atoms with Gasteiger partial charge in [-0.25, -0.2) is 9.36 Å². The summed E-state index contributed by atoms with van der Waals surface area (Å²) < 4.78 is 27.5. The number of ether oxygens (including phenoxy) is 2. The molecule has 3 atom stereocenters. The molecular weight excluding hydrogens is 467 g/mol. The van der Waals surface area contributed by atoms with Gasteiger partial charge in [0, 0.05) is 19.2 Å². The zero-order valence-corrected chi connectivity index (χ0v) is 20.8. The Labute approximate surface area is 199 Å². The minimum atomic E-state index is -4.72. The fraction of sp³-hybridized carbons (Fsp3) is 0.818. The molecule has 34 heavy (non-hydrogen) atoms. The average molecular weight is 507 g/mol. The molecule has 1 aromatic rings. The second-order valence-corrected chi connectivity index (χ2v) is 10.0. The lowest BCUT2D eigenvalue weighted by atomic mass is 10.1. The summed E-state index contributed by atoms with van der Waals surface area (Å²) in [5, 5.41) is 10.1. The highest BCUT2D eigenvalue weighted by Crippen LogP contribution is 2.38. The van der Waals surface area contributed by atoms with Gasteiger partial charge in [-0.1, -0.05) is 64.7 Å². The van der Waals surface area contributed by atoms with Crippen molar-refractivity contribution < 1.29 is 33.5 Å². The Balaban J connectivity index is 1.74. The van der Waals surface area contributed by atoms with Crippen LogP contribution in [0.2, 0.25) is 0 Å². The monoisotopic (exact) mass is 506 g/mol. The zero-order valence-electron chi connectivity index (χ0n) is 19.9. The summed E-state index contributed by atoms with van der Waals surface area (Å²) in [5.41, 5.74) is -1.01. The van der Waals surface area contributed by atoms with Gasteiger partial charge in [-0.15, -0.1) is 0 Å². The van der Waals surface area contributed by atoms with Crippen LogP contribution in [0, 0.1) is 0 Å². The molecule has 0 bridgehead atoms. The van der Waals surface area contributed by atoms with Crippen LogP contribution in [0.1, 0.15) is 89.3 Å². The van der Waals surface area contributed by atoms with Crippen molar-refractivity contribution in [2.24, 2.45) is 0 Å². The molecule has 0 aromatic carbocycles. The minimum absolute atomic E-state index is 0.0000366. The van der Waals surface area contributed by atoms with Crippen molar-refractivity contribution in [1.82, 2.24) is 9.55 Å². The third kappa shape index (κ3) is 10.5.